The first kappa shape index (κ1) is 13.6. The predicted octanol–water partition coefficient (Wildman–Crippen LogP) is 3.26. The third-order valence-electron chi connectivity index (χ3n) is 3.11. The number of aryl methyl sites for hydroxylation is 1. The number of aliphatic hydroxyl groups is 1. The van der Waals surface area contributed by atoms with Gasteiger partial charge in [-0.1, -0.05) is 29.8 Å². The molecule has 2 nitrogen and oxygen atoms in total. The Hall–Kier alpha value is -1.87. The number of halogens is 1. The van der Waals surface area contributed by atoms with E-state index in [1.165, 1.54) is 23.3 Å². The summed E-state index contributed by atoms with van der Waals surface area (Å²) in [6, 6.07) is 12.9. The van der Waals surface area contributed by atoms with Crippen LogP contribution in [-0.4, -0.2) is 12.2 Å². The van der Waals surface area contributed by atoms with Crippen LogP contribution in [0.4, 0.5) is 10.1 Å². The quantitative estimate of drug-likeness (QED) is 0.911. The van der Waals surface area contributed by atoms with Crippen LogP contribution in [0, 0.1) is 12.7 Å². The SMILES string of the molecule is Cc1ccc(CN(C)c2cc(F)cc(CO)c2)cc1. The first-order chi connectivity index (χ1) is 9.08. The summed E-state index contributed by atoms with van der Waals surface area (Å²) in [4.78, 5) is 1.97. The highest BCUT2D eigenvalue weighted by atomic mass is 19.1. The summed E-state index contributed by atoms with van der Waals surface area (Å²) < 4.78 is 13.4. The van der Waals surface area contributed by atoms with Gasteiger partial charge in [0.15, 0.2) is 0 Å². The van der Waals surface area contributed by atoms with E-state index in [2.05, 4.69) is 24.3 Å². The molecule has 1 N–H and O–H groups in total. The lowest BCUT2D eigenvalue weighted by Crippen LogP contribution is -2.16. The van der Waals surface area contributed by atoms with Crippen LogP contribution in [0.1, 0.15) is 16.7 Å². The van der Waals surface area contributed by atoms with Crippen LogP contribution in [0.25, 0.3) is 0 Å². The average molecular weight is 259 g/mol. The molecule has 0 fully saturated rings. The van der Waals surface area contributed by atoms with Gasteiger partial charge >= 0.3 is 0 Å². The molecule has 0 spiro atoms. The maximum absolute atomic E-state index is 13.4. The highest BCUT2D eigenvalue weighted by molar-refractivity contribution is 5.49. The largest absolute Gasteiger partial charge is 0.392 e. The Morgan fingerprint density at radius 2 is 1.74 bits per heavy atom. The van der Waals surface area contributed by atoms with Crippen molar-refractivity contribution >= 4 is 5.69 Å². The summed E-state index contributed by atoms with van der Waals surface area (Å²) >= 11 is 0. The average Bonchev–Trinajstić information content (AvgIpc) is 2.40. The summed E-state index contributed by atoms with van der Waals surface area (Å²) in [6.07, 6.45) is 0. The van der Waals surface area contributed by atoms with Crippen LogP contribution in [0.15, 0.2) is 42.5 Å². The highest BCUT2D eigenvalue weighted by Crippen LogP contribution is 2.19. The van der Waals surface area contributed by atoms with Gasteiger partial charge in [0.1, 0.15) is 5.82 Å². The first-order valence-corrected chi connectivity index (χ1v) is 6.25. The Balaban J connectivity index is 2.17. The predicted molar refractivity (Wildman–Crippen MR) is 75.6 cm³/mol. The molecule has 19 heavy (non-hydrogen) atoms. The van der Waals surface area contributed by atoms with Crippen molar-refractivity contribution < 1.29 is 9.50 Å². The van der Waals surface area contributed by atoms with Crippen molar-refractivity contribution in [3.8, 4) is 0 Å². The fourth-order valence-electron chi connectivity index (χ4n) is 2.00. The Morgan fingerprint density at radius 1 is 1.05 bits per heavy atom. The molecule has 0 radical (unpaired) electrons. The molecule has 0 saturated heterocycles. The Morgan fingerprint density at radius 3 is 2.37 bits per heavy atom. The normalized spacial score (nSPS) is 10.5. The number of aliphatic hydroxyl groups excluding tert-OH is 1. The second-order valence-corrected chi connectivity index (χ2v) is 4.82. The van der Waals surface area contributed by atoms with E-state index >= 15 is 0 Å². The van der Waals surface area contributed by atoms with Gasteiger partial charge < -0.3 is 10.0 Å². The van der Waals surface area contributed by atoms with Crippen molar-refractivity contribution in [2.75, 3.05) is 11.9 Å². The minimum absolute atomic E-state index is 0.150. The molecular weight excluding hydrogens is 241 g/mol. The molecule has 0 unspecified atom stereocenters. The third-order valence-corrected chi connectivity index (χ3v) is 3.11. The third kappa shape index (κ3) is 3.55. The summed E-state index contributed by atoms with van der Waals surface area (Å²) in [7, 11) is 1.91. The van der Waals surface area contributed by atoms with Crippen molar-refractivity contribution in [3.63, 3.8) is 0 Å². The molecule has 0 saturated carbocycles. The van der Waals surface area contributed by atoms with Crippen molar-refractivity contribution in [1.29, 1.82) is 0 Å². The van der Waals surface area contributed by atoms with Gasteiger partial charge in [-0.05, 0) is 36.2 Å². The van der Waals surface area contributed by atoms with Gasteiger partial charge in [0, 0.05) is 19.3 Å². The van der Waals surface area contributed by atoms with Gasteiger partial charge in [-0.2, -0.15) is 0 Å². The number of hydrogen-bond acceptors (Lipinski definition) is 2. The zero-order valence-electron chi connectivity index (χ0n) is 11.2. The van der Waals surface area contributed by atoms with E-state index in [0.717, 1.165) is 5.69 Å². The monoisotopic (exact) mass is 259 g/mol. The number of hydrogen-bond donors (Lipinski definition) is 1. The van der Waals surface area contributed by atoms with Gasteiger partial charge in [-0.15, -0.1) is 0 Å². The number of nitrogens with zero attached hydrogens (tertiary/aromatic N) is 1. The Labute approximate surface area is 113 Å². The number of benzene rings is 2. The lowest BCUT2D eigenvalue weighted by molar-refractivity contribution is 0.281. The molecule has 0 aliphatic heterocycles. The molecular formula is C16H18FNO. The van der Waals surface area contributed by atoms with Crippen molar-refractivity contribution in [3.05, 3.63) is 65.0 Å². The van der Waals surface area contributed by atoms with E-state index in [1.807, 2.05) is 18.9 Å². The molecule has 0 atom stereocenters. The second kappa shape index (κ2) is 5.85. The smallest absolute Gasteiger partial charge is 0.125 e. The van der Waals surface area contributed by atoms with Crippen LogP contribution in [0.3, 0.4) is 0 Å². The number of anilines is 1. The molecule has 0 amide bonds. The van der Waals surface area contributed by atoms with Crippen LogP contribution in [0.2, 0.25) is 0 Å². The molecule has 0 aromatic heterocycles. The van der Waals surface area contributed by atoms with Crippen LogP contribution < -0.4 is 4.90 Å². The second-order valence-electron chi connectivity index (χ2n) is 4.82. The van der Waals surface area contributed by atoms with Gasteiger partial charge in [0.05, 0.1) is 6.61 Å². The molecule has 0 aliphatic carbocycles. The maximum atomic E-state index is 13.4. The zero-order chi connectivity index (χ0) is 13.8. The summed E-state index contributed by atoms with van der Waals surface area (Å²) in [5.41, 5.74) is 3.75. The molecule has 3 heteroatoms. The van der Waals surface area contributed by atoms with E-state index in [1.54, 1.807) is 6.07 Å². The molecule has 0 aliphatic rings. The van der Waals surface area contributed by atoms with E-state index in [-0.39, 0.29) is 12.4 Å². The molecule has 2 aromatic rings. The molecule has 0 heterocycles. The van der Waals surface area contributed by atoms with Crippen LogP contribution in [-0.2, 0) is 13.2 Å². The van der Waals surface area contributed by atoms with Crippen molar-refractivity contribution in [1.82, 2.24) is 0 Å². The van der Waals surface area contributed by atoms with E-state index in [4.69, 9.17) is 5.11 Å². The molecule has 0 bridgehead atoms. The summed E-state index contributed by atoms with van der Waals surface area (Å²) in [6.45, 7) is 2.60. The Kier molecular flexibility index (Phi) is 4.17. The Bertz CT molecular complexity index is 551. The lowest BCUT2D eigenvalue weighted by Gasteiger charge is -2.20. The standard InChI is InChI=1S/C16H18FNO/c1-12-3-5-13(6-4-12)10-18(2)16-8-14(11-19)7-15(17)9-16/h3-9,19H,10-11H2,1-2H3. The lowest BCUT2D eigenvalue weighted by atomic mass is 10.1. The van der Waals surface area contributed by atoms with Crippen LogP contribution in [0.5, 0.6) is 0 Å². The van der Waals surface area contributed by atoms with Crippen LogP contribution >= 0.6 is 0 Å². The summed E-state index contributed by atoms with van der Waals surface area (Å²) in [5.74, 6) is -0.322. The first-order valence-electron chi connectivity index (χ1n) is 6.25. The molecule has 2 rings (SSSR count). The highest BCUT2D eigenvalue weighted by Gasteiger charge is 2.06. The summed E-state index contributed by atoms with van der Waals surface area (Å²) in [5, 5.41) is 9.10. The fourth-order valence-corrected chi connectivity index (χ4v) is 2.00. The van der Waals surface area contributed by atoms with Gasteiger partial charge in [-0.3, -0.25) is 0 Å². The van der Waals surface area contributed by atoms with Gasteiger partial charge in [0.25, 0.3) is 0 Å². The fraction of sp³-hybridized carbons (Fsp3) is 0.250. The van der Waals surface area contributed by atoms with Gasteiger partial charge in [0.2, 0.25) is 0 Å². The van der Waals surface area contributed by atoms with E-state index in [0.29, 0.717) is 12.1 Å². The van der Waals surface area contributed by atoms with Crippen molar-refractivity contribution in [2.45, 2.75) is 20.1 Å². The van der Waals surface area contributed by atoms with Gasteiger partial charge in [-0.25, -0.2) is 4.39 Å². The van der Waals surface area contributed by atoms with Crippen molar-refractivity contribution in [2.24, 2.45) is 0 Å². The molecule has 2 aromatic carbocycles. The maximum Gasteiger partial charge on any atom is 0.125 e. The topological polar surface area (TPSA) is 23.5 Å². The molecule has 100 valence electrons. The number of rotatable bonds is 4. The zero-order valence-corrected chi connectivity index (χ0v) is 11.2. The minimum atomic E-state index is -0.322. The van der Waals surface area contributed by atoms with E-state index < -0.39 is 0 Å². The van der Waals surface area contributed by atoms with E-state index in [9.17, 15) is 4.39 Å². The minimum Gasteiger partial charge on any atom is -0.392 e.